The third-order valence-electron chi connectivity index (χ3n) is 1.61. The van der Waals surface area contributed by atoms with Crippen LogP contribution in [0.4, 0.5) is 0 Å². The van der Waals surface area contributed by atoms with E-state index in [0.29, 0.717) is 32.2 Å². The van der Waals surface area contributed by atoms with Gasteiger partial charge in [-0.1, -0.05) is 13.8 Å². The van der Waals surface area contributed by atoms with Gasteiger partial charge in [0, 0.05) is 12.6 Å². The highest BCUT2D eigenvalue weighted by Gasteiger charge is 2.04. The Morgan fingerprint density at radius 2 is 1.84 bits per heavy atom. The van der Waals surface area contributed by atoms with Gasteiger partial charge in [0.2, 0.25) is 0 Å². The quantitative estimate of drug-likeness (QED) is 0.358. The molecule has 0 aliphatic rings. The minimum Gasteiger partial charge on any atom is -0.473 e. The number of nitrogens with one attached hydrogen (secondary N) is 1. The van der Waals surface area contributed by atoms with E-state index in [0.717, 1.165) is 0 Å². The third-order valence-corrected chi connectivity index (χ3v) is 1.61. The number of rotatable bonds is 7. The second-order valence-corrected chi connectivity index (χ2v) is 3.81. The van der Waals surface area contributed by atoms with Crippen molar-refractivity contribution in [1.82, 2.24) is 5.32 Å². The minimum atomic E-state index is -1.82. The van der Waals surface area contributed by atoms with E-state index in [4.69, 9.17) is 29.8 Å². The maximum absolute atomic E-state index is 9.33. The van der Waals surface area contributed by atoms with Gasteiger partial charge in [-0.05, 0) is 0 Å². The molecule has 8 heteroatoms. The van der Waals surface area contributed by atoms with Crippen LogP contribution in [-0.4, -0.2) is 59.2 Å². The third kappa shape index (κ3) is 18.9. The predicted molar refractivity (Wildman–Crippen MR) is 65.5 cm³/mol. The van der Waals surface area contributed by atoms with Gasteiger partial charge in [0.1, 0.15) is 0 Å². The molecule has 1 atom stereocenters. The Balaban J connectivity index is 0. The van der Waals surface area contributed by atoms with E-state index in [9.17, 15) is 5.11 Å². The summed E-state index contributed by atoms with van der Waals surface area (Å²) >= 11 is 0. The van der Waals surface area contributed by atoms with Crippen LogP contribution in [0.1, 0.15) is 20.3 Å². The predicted octanol–water partition coefficient (Wildman–Crippen LogP) is -0.569. The van der Waals surface area contributed by atoms with Crippen molar-refractivity contribution in [1.29, 1.82) is 5.26 Å². The second kappa shape index (κ2) is 12.8. The number of nitriles is 1. The van der Waals surface area contributed by atoms with Gasteiger partial charge in [-0.2, -0.15) is 5.26 Å². The molecule has 0 aromatic carbocycles. The molecule has 1 unspecified atom stereocenters. The lowest BCUT2D eigenvalue weighted by molar-refractivity contribution is -0.159. The minimum absolute atomic E-state index is 0.293. The van der Waals surface area contributed by atoms with Crippen molar-refractivity contribution in [2.75, 3.05) is 19.8 Å². The van der Waals surface area contributed by atoms with Gasteiger partial charge in [-0.15, -0.1) is 0 Å². The highest BCUT2D eigenvalue weighted by molar-refractivity contribution is 6.27. The van der Waals surface area contributed by atoms with Crippen LogP contribution in [0.25, 0.3) is 0 Å². The van der Waals surface area contributed by atoms with Gasteiger partial charge in [-0.25, -0.2) is 9.59 Å². The van der Waals surface area contributed by atoms with Gasteiger partial charge in [0.25, 0.3) is 0 Å². The van der Waals surface area contributed by atoms with Gasteiger partial charge in [-0.3, -0.25) is 0 Å². The fourth-order valence-electron chi connectivity index (χ4n) is 0.768. The van der Waals surface area contributed by atoms with Crippen molar-refractivity contribution in [3.63, 3.8) is 0 Å². The molecule has 0 rings (SSSR count). The number of nitrogens with zero attached hydrogens (tertiary/aromatic N) is 1. The first-order valence-electron chi connectivity index (χ1n) is 5.63. The molecule has 0 aliphatic carbocycles. The van der Waals surface area contributed by atoms with Gasteiger partial charge < -0.3 is 25.4 Å². The maximum Gasteiger partial charge on any atom is 0.414 e. The van der Waals surface area contributed by atoms with E-state index in [-0.39, 0.29) is 0 Å². The molecule has 0 saturated carbocycles. The van der Waals surface area contributed by atoms with Crippen molar-refractivity contribution < 1.29 is 29.6 Å². The lowest BCUT2D eigenvalue weighted by atomic mass is 10.3. The Bertz CT molecular complexity index is 288. The zero-order valence-corrected chi connectivity index (χ0v) is 11.0. The molecule has 0 aromatic rings. The summed E-state index contributed by atoms with van der Waals surface area (Å²) in [6.45, 7) is 5.26. The number of aliphatic hydroxyl groups is 1. The van der Waals surface area contributed by atoms with Crippen LogP contribution in [0.15, 0.2) is 0 Å². The molecule has 0 saturated heterocycles. The standard InChI is InChI=1S/C9H18N2O2.C2H2O4/c1-8(2)11-6-9(12)7-13-5-3-4-10;3-1(4)2(5)6/h8-9,11-12H,3,5-7H2,1-2H3;(H,3,4)(H,5,6). The number of hydrogen-bond acceptors (Lipinski definition) is 6. The number of carboxylic acid groups (broad SMARTS) is 2. The van der Waals surface area contributed by atoms with Crippen LogP contribution in [0.5, 0.6) is 0 Å². The Labute approximate surface area is 111 Å². The van der Waals surface area contributed by atoms with Crippen molar-refractivity contribution in [3.05, 3.63) is 0 Å². The summed E-state index contributed by atoms with van der Waals surface area (Å²) < 4.78 is 5.06. The van der Waals surface area contributed by atoms with E-state index >= 15 is 0 Å². The topological polar surface area (TPSA) is 140 Å². The SMILES string of the molecule is CC(C)NCC(O)COCCC#N.O=C(O)C(=O)O. The van der Waals surface area contributed by atoms with Crippen LogP contribution in [0.3, 0.4) is 0 Å². The first-order chi connectivity index (χ1) is 8.81. The molecule has 0 radical (unpaired) electrons. The molecule has 0 amide bonds. The highest BCUT2D eigenvalue weighted by Crippen LogP contribution is 1.87. The normalized spacial score (nSPS) is 11.1. The molecule has 0 aliphatic heterocycles. The molecule has 0 bridgehead atoms. The molecule has 19 heavy (non-hydrogen) atoms. The zero-order valence-electron chi connectivity index (χ0n) is 11.0. The lowest BCUT2D eigenvalue weighted by Gasteiger charge is -2.13. The maximum atomic E-state index is 9.33. The molecular weight excluding hydrogens is 256 g/mol. The van der Waals surface area contributed by atoms with Crippen LogP contribution in [-0.2, 0) is 14.3 Å². The first-order valence-corrected chi connectivity index (χ1v) is 5.63. The molecule has 110 valence electrons. The average molecular weight is 276 g/mol. The van der Waals surface area contributed by atoms with E-state index in [1.165, 1.54) is 0 Å². The van der Waals surface area contributed by atoms with Crippen LogP contribution in [0.2, 0.25) is 0 Å². The van der Waals surface area contributed by atoms with Crippen LogP contribution >= 0.6 is 0 Å². The summed E-state index contributed by atoms with van der Waals surface area (Å²) in [6.07, 6.45) is -0.106. The fraction of sp³-hybridized carbons (Fsp3) is 0.727. The summed E-state index contributed by atoms with van der Waals surface area (Å²) in [7, 11) is 0. The van der Waals surface area contributed by atoms with Crippen molar-refractivity contribution in [3.8, 4) is 6.07 Å². The average Bonchev–Trinajstić information content (AvgIpc) is 2.32. The Kier molecular flexibility index (Phi) is 13.2. The Morgan fingerprint density at radius 3 is 2.21 bits per heavy atom. The molecular formula is C11H20N2O6. The Hall–Kier alpha value is -1.69. The number of carbonyl (C=O) groups is 2. The zero-order chi connectivity index (χ0) is 15.3. The smallest absolute Gasteiger partial charge is 0.414 e. The molecule has 8 nitrogen and oxygen atoms in total. The monoisotopic (exact) mass is 276 g/mol. The van der Waals surface area contributed by atoms with Gasteiger partial charge in [0.05, 0.1) is 31.8 Å². The summed E-state index contributed by atoms with van der Waals surface area (Å²) in [4.78, 5) is 18.2. The molecule has 0 spiro atoms. The van der Waals surface area contributed by atoms with Gasteiger partial charge in [0.15, 0.2) is 0 Å². The van der Waals surface area contributed by atoms with Crippen molar-refractivity contribution in [2.24, 2.45) is 0 Å². The number of aliphatic hydroxyl groups excluding tert-OH is 1. The molecule has 0 heterocycles. The van der Waals surface area contributed by atoms with Crippen molar-refractivity contribution in [2.45, 2.75) is 32.4 Å². The van der Waals surface area contributed by atoms with Crippen LogP contribution < -0.4 is 5.32 Å². The number of aliphatic carboxylic acids is 2. The molecule has 0 fully saturated rings. The second-order valence-electron chi connectivity index (χ2n) is 3.81. The van der Waals surface area contributed by atoms with Crippen molar-refractivity contribution >= 4 is 11.9 Å². The van der Waals surface area contributed by atoms with Crippen LogP contribution in [0, 0.1) is 11.3 Å². The van der Waals surface area contributed by atoms with E-state index in [2.05, 4.69) is 5.32 Å². The van der Waals surface area contributed by atoms with E-state index in [1.807, 2.05) is 19.9 Å². The summed E-state index contributed by atoms with van der Waals surface area (Å²) in [5, 5.41) is 35.4. The summed E-state index contributed by atoms with van der Waals surface area (Å²) in [5.74, 6) is -3.65. The molecule has 0 aromatic heterocycles. The summed E-state index contributed by atoms with van der Waals surface area (Å²) in [6, 6.07) is 2.34. The molecule has 4 N–H and O–H groups in total. The van der Waals surface area contributed by atoms with E-state index < -0.39 is 18.0 Å². The number of ether oxygens (including phenoxy) is 1. The lowest BCUT2D eigenvalue weighted by Crippen LogP contribution is -2.34. The fourth-order valence-corrected chi connectivity index (χ4v) is 0.768. The largest absolute Gasteiger partial charge is 0.473 e. The summed E-state index contributed by atoms with van der Waals surface area (Å²) in [5.41, 5.74) is 0. The number of carboxylic acids is 2. The van der Waals surface area contributed by atoms with Gasteiger partial charge >= 0.3 is 11.9 Å². The highest BCUT2D eigenvalue weighted by atomic mass is 16.5. The first kappa shape index (κ1) is 19.6. The number of hydrogen-bond donors (Lipinski definition) is 4. The van der Waals surface area contributed by atoms with E-state index in [1.54, 1.807) is 0 Å². The Morgan fingerprint density at radius 1 is 1.32 bits per heavy atom.